The van der Waals surface area contributed by atoms with Gasteiger partial charge in [0.05, 0.1) is 11.4 Å². The third-order valence-corrected chi connectivity index (χ3v) is 9.96. The summed E-state index contributed by atoms with van der Waals surface area (Å²) in [6.45, 7) is 2.15. The molecule has 0 saturated carbocycles. The van der Waals surface area contributed by atoms with Crippen LogP contribution in [0.5, 0.6) is 0 Å². The van der Waals surface area contributed by atoms with E-state index in [1.807, 2.05) is 17.4 Å². The highest BCUT2D eigenvalue weighted by molar-refractivity contribution is 7.26. The summed E-state index contributed by atoms with van der Waals surface area (Å²) in [5.74, 6) is 0. The highest BCUT2D eigenvalue weighted by atomic mass is 32.1. The smallest absolute Gasteiger partial charge is 0.159 e. The van der Waals surface area contributed by atoms with Gasteiger partial charge in [-0.2, -0.15) is 0 Å². The molecular formula is C39H27NOS. The van der Waals surface area contributed by atoms with E-state index in [4.69, 9.17) is 4.42 Å². The van der Waals surface area contributed by atoms with E-state index in [-0.39, 0.29) is 0 Å². The fourth-order valence-corrected chi connectivity index (χ4v) is 7.99. The molecule has 1 aliphatic rings. The average molecular weight is 558 g/mol. The highest BCUT2D eigenvalue weighted by Gasteiger charge is 2.25. The maximum atomic E-state index is 6.61. The van der Waals surface area contributed by atoms with Crippen LogP contribution in [0.15, 0.2) is 120 Å². The molecule has 0 spiro atoms. The van der Waals surface area contributed by atoms with Crippen molar-refractivity contribution in [3.63, 3.8) is 0 Å². The number of anilines is 3. The van der Waals surface area contributed by atoms with Gasteiger partial charge in [-0.3, -0.25) is 0 Å². The van der Waals surface area contributed by atoms with Crippen molar-refractivity contribution < 1.29 is 4.42 Å². The first kappa shape index (κ1) is 23.8. The number of hydrogen-bond donors (Lipinski definition) is 0. The zero-order chi connectivity index (χ0) is 27.8. The molecule has 0 saturated heterocycles. The van der Waals surface area contributed by atoms with Crippen LogP contribution in [0, 0.1) is 6.92 Å². The van der Waals surface area contributed by atoms with Gasteiger partial charge in [-0.1, -0.05) is 84.4 Å². The first-order valence-corrected chi connectivity index (χ1v) is 15.4. The third kappa shape index (κ3) is 3.50. The van der Waals surface area contributed by atoms with Gasteiger partial charge in [0.1, 0.15) is 5.58 Å². The zero-order valence-electron chi connectivity index (χ0n) is 23.2. The molecule has 3 heteroatoms. The van der Waals surface area contributed by atoms with E-state index < -0.39 is 0 Å². The van der Waals surface area contributed by atoms with Crippen molar-refractivity contribution in [3.8, 4) is 0 Å². The summed E-state index contributed by atoms with van der Waals surface area (Å²) in [4.78, 5) is 2.44. The molecule has 0 fully saturated rings. The van der Waals surface area contributed by atoms with E-state index >= 15 is 0 Å². The third-order valence-electron chi connectivity index (χ3n) is 8.76. The quantitative estimate of drug-likeness (QED) is 0.215. The van der Waals surface area contributed by atoms with Gasteiger partial charge in [-0.05, 0) is 84.1 Å². The number of para-hydroxylation sites is 2. The van der Waals surface area contributed by atoms with E-state index in [9.17, 15) is 0 Å². The molecule has 42 heavy (non-hydrogen) atoms. The lowest BCUT2D eigenvalue weighted by Crippen LogP contribution is -2.14. The Bertz CT molecular complexity index is 2370. The Morgan fingerprint density at radius 2 is 1.48 bits per heavy atom. The van der Waals surface area contributed by atoms with Crippen LogP contribution >= 0.6 is 11.3 Å². The summed E-state index contributed by atoms with van der Waals surface area (Å²) < 4.78 is 9.32. The molecule has 2 nitrogen and oxygen atoms in total. The van der Waals surface area contributed by atoms with Crippen LogP contribution in [0.4, 0.5) is 17.1 Å². The van der Waals surface area contributed by atoms with E-state index in [1.165, 1.54) is 53.3 Å². The van der Waals surface area contributed by atoms with Crippen molar-refractivity contribution in [2.75, 3.05) is 4.90 Å². The number of nitrogens with zero attached hydrogens (tertiary/aromatic N) is 1. The minimum atomic E-state index is 0.917. The van der Waals surface area contributed by atoms with Gasteiger partial charge in [-0.15, -0.1) is 11.3 Å². The van der Waals surface area contributed by atoms with E-state index in [1.54, 1.807) is 0 Å². The van der Waals surface area contributed by atoms with Crippen molar-refractivity contribution in [2.45, 2.75) is 19.8 Å². The Kier molecular flexibility index (Phi) is 5.14. The van der Waals surface area contributed by atoms with Crippen molar-refractivity contribution in [2.24, 2.45) is 0 Å². The van der Waals surface area contributed by atoms with Gasteiger partial charge >= 0.3 is 0 Å². The largest absolute Gasteiger partial charge is 0.454 e. The van der Waals surface area contributed by atoms with Crippen LogP contribution in [0.3, 0.4) is 0 Å². The number of furan rings is 1. The predicted octanol–water partition coefficient (Wildman–Crippen LogP) is 11.8. The standard InChI is InChI=1S/C39H27NOS/c1-24-17-19-27(20-18-24)40(34-15-8-14-30-29-12-6-7-16-36(29)41-38(30)34)35-23-33-32-21-25-9-2-3-10-26(25)22-37(32)42-39(33)31-13-5-4-11-28(31)35/h2-3,5-10,12-23H,4,11H2,1H3. The second-order valence-electron chi connectivity index (χ2n) is 11.3. The number of fused-ring (bicyclic) bond motifs is 9. The molecule has 9 rings (SSSR count). The number of allylic oxidation sites excluding steroid dienone is 1. The first-order valence-electron chi connectivity index (χ1n) is 14.6. The van der Waals surface area contributed by atoms with Crippen molar-refractivity contribution in [1.29, 1.82) is 0 Å². The fourth-order valence-electron chi connectivity index (χ4n) is 6.72. The molecular weight excluding hydrogens is 531 g/mol. The summed E-state index contributed by atoms with van der Waals surface area (Å²) in [5.41, 5.74) is 9.26. The summed E-state index contributed by atoms with van der Waals surface area (Å²) in [5, 5.41) is 7.50. The molecule has 6 aromatic carbocycles. The molecule has 0 radical (unpaired) electrons. The van der Waals surface area contributed by atoms with Crippen LogP contribution in [-0.4, -0.2) is 0 Å². The fraction of sp³-hybridized carbons (Fsp3) is 0.0769. The average Bonchev–Trinajstić information content (AvgIpc) is 3.59. The molecule has 0 amide bonds. The van der Waals surface area contributed by atoms with Gasteiger partial charge in [-0.25, -0.2) is 0 Å². The Hall–Kier alpha value is -4.86. The molecule has 2 aromatic heterocycles. The summed E-state index contributed by atoms with van der Waals surface area (Å²) in [6, 6.07) is 39.7. The molecule has 0 unspecified atom stereocenters. The Morgan fingerprint density at radius 3 is 2.36 bits per heavy atom. The Morgan fingerprint density at radius 1 is 0.690 bits per heavy atom. The number of aryl methyl sites for hydroxylation is 1. The van der Waals surface area contributed by atoms with Gasteiger partial charge in [0.15, 0.2) is 5.58 Å². The minimum Gasteiger partial charge on any atom is -0.454 e. The Balaban J connectivity index is 1.40. The van der Waals surface area contributed by atoms with Crippen molar-refractivity contribution in [1.82, 2.24) is 0 Å². The first-order chi connectivity index (χ1) is 20.7. The molecule has 8 aromatic rings. The SMILES string of the molecule is Cc1ccc(N(c2cc3c(sc4cc5ccccc5cc43)c3c2CCC=C3)c2cccc3c2oc2ccccc23)cc1. The zero-order valence-corrected chi connectivity index (χ0v) is 24.0. The van der Waals surface area contributed by atoms with Gasteiger partial charge < -0.3 is 9.32 Å². The molecule has 1 aliphatic carbocycles. The molecule has 0 bridgehead atoms. The van der Waals surface area contributed by atoms with Crippen LogP contribution < -0.4 is 4.90 Å². The van der Waals surface area contributed by atoms with E-state index in [0.717, 1.165) is 46.2 Å². The van der Waals surface area contributed by atoms with Crippen LogP contribution in [-0.2, 0) is 6.42 Å². The topological polar surface area (TPSA) is 16.4 Å². The highest BCUT2D eigenvalue weighted by Crippen LogP contribution is 2.49. The monoisotopic (exact) mass is 557 g/mol. The molecule has 2 heterocycles. The van der Waals surface area contributed by atoms with Gasteiger partial charge in [0, 0.05) is 36.6 Å². The summed E-state index contributed by atoms with van der Waals surface area (Å²) >= 11 is 1.92. The second-order valence-corrected chi connectivity index (χ2v) is 12.4. The number of thiophene rings is 1. The van der Waals surface area contributed by atoms with Gasteiger partial charge in [0.25, 0.3) is 0 Å². The summed E-state index contributed by atoms with van der Waals surface area (Å²) in [6.07, 6.45) is 6.74. The molecule has 200 valence electrons. The van der Waals surface area contributed by atoms with Gasteiger partial charge in [0.2, 0.25) is 0 Å². The summed E-state index contributed by atoms with van der Waals surface area (Å²) in [7, 11) is 0. The lowest BCUT2D eigenvalue weighted by Gasteiger charge is -2.30. The van der Waals surface area contributed by atoms with Crippen LogP contribution in [0.1, 0.15) is 23.1 Å². The van der Waals surface area contributed by atoms with Crippen molar-refractivity contribution in [3.05, 3.63) is 132 Å². The number of benzene rings is 6. The minimum absolute atomic E-state index is 0.917. The normalized spacial score (nSPS) is 13.1. The second kappa shape index (κ2) is 9.07. The number of hydrogen-bond acceptors (Lipinski definition) is 3. The van der Waals surface area contributed by atoms with E-state index in [2.05, 4.69) is 127 Å². The maximum absolute atomic E-state index is 6.61. The molecule has 0 aliphatic heterocycles. The maximum Gasteiger partial charge on any atom is 0.159 e. The van der Waals surface area contributed by atoms with Crippen molar-refractivity contribution >= 4 is 87.4 Å². The Labute approximate surface area is 247 Å². The molecule has 0 atom stereocenters. The lowest BCUT2D eigenvalue weighted by molar-refractivity contribution is 0.669. The van der Waals surface area contributed by atoms with Crippen LogP contribution in [0.2, 0.25) is 0 Å². The van der Waals surface area contributed by atoms with E-state index in [0.29, 0.717) is 0 Å². The van der Waals surface area contributed by atoms with Crippen LogP contribution in [0.25, 0.3) is 59.0 Å². The number of rotatable bonds is 3. The molecule has 0 N–H and O–H groups in total. The lowest BCUT2D eigenvalue weighted by atomic mass is 9.92. The predicted molar refractivity (Wildman–Crippen MR) is 181 cm³/mol.